The van der Waals surface area contributed by atoms with E-state index in [2.05, 4.69) is 45.7 Å². The standard InChI is InChI=1S/C24H35N5O3/c1-6-16(7-2)21-13-19(32-29-21)15-27-24(25-3)26-10-8-9-17-11-20-22(28-17)12-18(30-4)14-23(20)31-5/h11-14,16,28H,6-10,15H2,1-5H3,(H2,25,26,27). The number of aromatic amines is 1. The molecule has 32 heavy (non-hydrogen) atoms. The summed E-state index contributed by atoms with van der Waals surface area (Å²) in [5.74, 6) is 3.60. The van der Waals surface area contributed by atoms with Gasteiger partial charge in [-0.25, -0.2) is 0 Å². The van der Waals surface area contributed by atoms with Crippen molar-refractivity contribution < 1.29 is 14.0 Å². The van der Waals surface area contributed by atoms with Gasteiger partial charge < -0.3 is 29.6 Å². The molecule has 0 saturated carbocycles. The Hall–Kier alpha value is -3.16. The summed E-state index contributed by atoms with van der Waals surface area (Å²) in [7, 11) is 5.10. The number of benzene rings is 1. The SMILES string of the molecule is CCC(CC)c1cc(CNC(=NC)NCCCc2cc3c(OC)cc(OC)cc3[nH]2)on1. The zero-order valence-corrected chi connectivity index (χ0v) is 19.7. The molecule has 3 N–H and O–H groups in total. The van der Waals surface area contributed by atoms with Crippen LogP contribution in [0.2, 0.25) is 0 Å². The number of rotatable bonds is 11. The van der Waals surface area contributed by atoms with E-state index in [4.69, 9.17) is 14.0 Å². The first-order valence-corrected chi connectivity index (χ1v) is 11.2. The van der Waals surface area contributed by atoms with E-state index in [1.165, 1.54) is 0 Å². The largest absolute Gasteiger partial charge is 0.497 e. The molecular weight excluding hydrogens is 406 g/mol. The number of nitrogens with zero attached hydrogens (tertiary/aromatic N) is 2. The van der Waals surface area contributed by atoms with Gasteiger partial charge in [0.15, 0.2) is 11.7 Å². The normalized spacial score (nSPS) is 11.9. The molecule has 2 aromatic heterocycles. The number of guanidine groups is 1. The van der Waals surface area contributed by atoms with Crippen molar-refractivity contribution in [2.75, 3.05) is 27.8 Å². The number of aryl methyl sites for hydroxylation is 1. The molecule has 0 radical (unpaired) electrons. The fourth-order valence-electron chi connectivity index (χ4n) is 3.85. The average Bonchev–Trinajstić information content (AvgIpc) is 3.45. The molecule has 174 valence electrons. The molecule has 0 amide bonds. The molecule has 3 aromatic rings. The molecule has 0 aliphatic heterocycles. The molecule has 0 bridgehead atoms. The Morgan fingerprint density at radius 3 is 2.62 bits per heavy atom. The molecule has 8 nitrogen and oxygen atoms in total. The topological polar surface area (TPSA) is 96.7 Å². The van der Waals surface area contributed by atoms with E-state index in [-0.39, 0.29) is 0 Å². The van der Waals surface area contributed by atoms with Crippen LogP contribution in [-0.2, 0) is 13.0 Å². The number of aliphatic imine (C=N–C) groups is 1. The smallest absolute Gasteiger partial charge is 0.191 e. The second-order valence-corrected chi connectivity index (χ2v) is 7.77. The van der Waals surface area contributed by atoms with E-state index in [9.17, 15) is 0 Å². The van der Waals surface area contributed by atoms with E-state index in [0.717, 1.165) is 77.7 Å². The summed E-state index contributed by atoms with van der Waals surface area (Å²) >= 11 is 0. The van der Waals surface area contributed by atoms with Gasteiger partial charge in [-0.05, 0) is 31.7 Å². The van der Waals surface area contributed by atoms with Gasteiger partial charge in [-0.3, -0.25) is 4.99 Å². The average molecular weight is 442 g/mol. The second kappa shape index (κ2) is 11.5. The molecule has 0 saturated heterocycles. The van der Waals surface area contributed by atoms with Gasteiger partial charge in [-0.1, -0.05) is 19.0 Å². The maximum Gasteiger partial charge on any atom is 0.191 e. The molecule has 0 atom stereocenters. The van der Waals surface area contributed by atoms with Crippen molar-refractivity contribution in [3.63, 3.8) is 0 Å². The Bertz CT molecular complexity index is 1020. The Kier molecular flexibility index (Phi) is 8.41. The lowest BCUT2D eigenvalue weighted by molar-refractivity contribution is 0.368. The molecule has 0 fully saturated rings. The van der Waals surface area contributed by atoms with Crippen LogP contribution in [0.15, 0.2) is 33.8 Å². The predicted octanol–water partition coefficient (Wildman–Crippen LogP) is 4.37. The third-order valence-corrected chi connectivity index (χ3v) is 5.74. The van der Waals surface area contributed by atoms with Crippen LogP contribution in [0, 0.1) is 0 Å². The fraction of sp³-hybridized carbons (Fsp3) is 0.500. The number of methoxy groups -OCH3 is 2. The Balaban J connectivity index is 1.47. The molecule has 2 heterocycles. The molecule has 0 unspecified atom stereocenters. The van der Waals surface area contributed by atoms with E-state index >= 15 is 0 Å². The molecule has 1 aromatic carbocycles. The second-order valence-electron chi connectivity index (χ2n) is 7.77. The van der Waals surface area contributed by atoms with Crippen molar-refractivity contribution in [2.24, 2.45) is 4.99 Å². The van der Waals surface area contributed by atoms with Gasteiger partial charge in [0.05, 0.1) is 32.0 Å². The zero-order valence-electron chi connectivity index (χ0n) is 19.7. The molecular formula is C24H35N5O3. The number of ether oxygens (including phenoxy) is 2. The third kappa shape index (κ3) is 5.75. The molecule has 3 rings (SSSR count). The van der Waals surface area contributed by atoms with Crippen LogP contribution in [0.25, 0.3) is 10.9 Å². The van der Waals surface area contributed by atoms with Gasteiger partial charge in [-0.15, -0.1) is 0 Å². The monoisotopic (exact) mass is 441 g/mol. The highest BCUT2D eigenvalue weighted by molar-refractivity contribution is 5.88. The van der Waals surface area contributed by atoms with E-state index < -0.39 is 0 Å². The Morgan fingerprint density at radius 2 is 1.94 bits per heavy atom. The highest BCUT2D eigenvalue weighted by atomic mass is 16.5. The number of nitrogens with one attached hydrogen (secondary N) is 3. The first-order valence-electron chi connectivity index (χ1n) is 11.2. The van der Waals surface area contributed by atoms with Crippen molar-refractivity contribution in [1.29, 1.82) is 0 Å². The first-order chi connectivity index (χ1) is 15.6. The van der Waals surface area contributed by atoms with Crippen LogP contribution in [0.1, 0.15) is 56.2 Å². The van der Waals surface area contributed by atoms with Crippen LogP contribution in [0.4, 0.5) is 0 Å². The van der Waals surface area contributed by atoms with Gasteiger partial charge in [0.2, 0.25) is 0 Å². The molecule has 8 heteroatoms. The van der Waals surface area contributed by atoms with Crippen molar-refractivity contribution in [2.45, 2.75) is 52.0 Å². The lowest BCUT2D eigenvalue weighted by Crippen LogP contribution is -2.37. The number of hydrogen-bond acceptors (Lipinski definition) is 5. The minimum atomic E-state index is 0.454. The van der Waals surface area contributed by atoms with Crippen LogP contribution in [0.5, 0.6) is 11.5 Å². The van der Waals surface area contributed by atoms with Crippen LogP contribution >= 0.6 is 0 Å². The molecule has 0 spiro atoms. The summed E-state index contributed by atoms with van der Waals surface area (Å²) in [5, 5.41) is 11.9. The quantitative estimate of drug-likeness (QED) is 0.232. The minimum absolute atomic E-state index is 0.454. The summed E-state index contributed by atoms with van der Waals surface area (Å²) in [4.78, 5) is 7.75. The minimum Gasteiger partial charge on any atom is -0.497 e. The van der Waals surface area contributed by atoms with E-state index in [0.29, 0.717) is 12.5 Å². The maximum atomic E-state index is 5.50. The predicted molar refractivity (Wildman–Crippen MR) is 128 cm³/mol. The van der Waals surface area contributed by atoms with Gasteiger partial charge in [0.25, 0.3) is 0 Å². The number of H-pyrrole nitrogens is 1. The third-order valence-electron chi connectivity index (χ3n) is 5.74. The molecule has 0 aliphatic carbocycles. The van der Waals surface area contributed by atoms with E-state index in [1.807, 2.05) is 18.2 Å². The first kappa shape index (κ1) is 23.5. The van der Waals surface area contributed by atoms with Crippen molar-refractivity contribution in [1.82, 2.24) is 20.8 Å². The Labute approximate surface area is 189 Å². The van der Waals surface area contributed by atoms with Crippen LogP contribution < -0.4 is 20.1 Å². The van der Waals surface area contributed by atoms with Crippen molar-refractivity contribution in [3.8, 4) is 11.5 Å². The van der Waals surface area contributed by atoms with Crippen molar-refractivity contribution >= 4 is 16.9 Å². The lowest BCUT2D eigenvalue weighted by Gasteiger charge is -2.10. The summed E-state index contributed by atoms with van der Waals surface area (Å²) in [6.07, 6.45) is 3.99. The number of fused-ring (bicyclic) bond motifs is 1. The summed E-state index contributed by atoms with van der Waals surface area (Å²) in [6.45, 7) is 5.70. The van der Waals surface area contributed by atoms with Crippen molar-refractivity contribution in [3.05, 3.63) is 41.4 Å². The van der Waals surface area contributed by atoms with Gasteiger partial charge in [0, 0.05) is 48.8 Å². The zero-order chi connectivity index (χ0) is 22.9. The lowest BCUT2D eigenvalue weighted by atomic mass is 9.99. The van der Waals surface area contributed by atoms with Gasteiger partial charge in [-0.2, -0.15) is 0 Å². The van der Waals surface area contributed by atoms with Gasteiger partial charge >= 0.3 is 0 Å². The number of hydrogen-bond donors (Lipinski definition) is 3. The summed E-state index contributed by atoms with van der Waals surface area (Å²) in [6, 6.07) is 8.07. The Morgan fingerprint density at radius 1 is 1.12 bits per heavy atom. The van der Waals surface area contributed by atoms with Gasteiger partial charge in [0.1, 0.15) is 11.5 Å². The highest BCUT2D eigenvalue weighted by Gasteiger charge is 2.13. The maximum absolute atomic E-state index is 5.50. The van der Waals surface area contributed by atoms with Crippen LogP contribution in [0.3, 0.4) is 0 Å². The highest BCUT2D eigenvalue weighted by Crippen LogP contribution is 2.31. The van der Waals surface area contributed by atoms with E-state index in [1.54, 1.807) is 21.3 Å². The fourth-order valence-corrected chi connectivity index (χ4v) is 3.85. The number of aromatic nitrogens is 2. The summed E-state index contributed by atoms with van der Waals surface area (Å²) < 4.78 is 16.3. The molecule has 0 aliphatic rings. The summed E-state index contributed by atoms with van der Waals surface area (Å²) in [5.41, 5.74) is 3.20. The van der Waals surface area contributed by atoms with Crippen LogP contribution in [-0.4, -0.2) is 43.9 Å².